The van der Waals surface area contributed by atoms with Gasteiger partial charge in [0.2, 0.25) is 5.91 Å². The van der Waals surface area contributed by atoms with Crippen molar-refractivity contribution in [2.24, 2.45) is 0 Å². The third-order valence-electron chi connectivity index (χ3n) is 4.15. The monoisotopic (exact) mass is 310 g/mol. The van der Waals surface area contributed by atoms with E-state index >= 15 is 0 Å². The van der Waals surface area contributed by atoms with Gasteiger partial charge in [0.1, 0.15) is 12.4 Å². The molecule has 1 amide bonds. The highest BCUT2D eigenvalue weighted by molar-refractivity contribution is 5.83. The molecular weight excluding hydrogens is 288 g/mol. The second-order valence-corrected chi connectivity index (χ2v) is 5.90. The molecule has 4 heteroatoms. The molecule has 3 rings (SSSR count). The van der Waals surface area contributed by atoms with E-state index in [1.807, 2.05) is 61.6 Å². The first kappa shape index (κ1) is 15.6. The summed E-state index contributed by atoms with van der Waals surface area (Å²) < 4.78 is 5.77. The van der Waals surface area contributed by atoms with Crippen molar-refractivity contribution in [3.05, 3.63) is 65.7 Å². The van der Waals surface area contributed by atoms with Gasteiger partial charge in [-0.1, -0.05) is 42.5 Å². The van der Waals surface area contributed by atoms with E-state index in [9.17, 15) is 4.79 Å². The van der Waals surface area contributed by atoms with Gasteiger partial charge < -0.3 is 15.0 Å². The van der Waals surface area contributed by atoms with Crippen LogP contribution in [0, 0.1) is 0 Å². The summed E-state index contributed by atoms with van der Waals surface area (Å²) >= 11 is 0. The van der Waals surface area contributed by atoms with E-state index in [1.165, 1.54) is 0 Å². The molecule has 0 bridgehead atoms. The largest absolute Gasteiger partial charge is 0.489 e. The fourth-order valence-electron chi connectivity index (χ4n) is 2.70. The number of likely N-dealkylation sites (tertiary alicyclic amines) is 1. The Kier molecular flexibility index (Phi) is 4.93. The van der Waals surface area contributed by atoms with Crippen LogP contribution in [-0.4, -0.2) is 30.4 Å². The first-order chi connectivity index (χ1) is 11.2. The first-order valence-corrected chi connectivity index (χ1v) is 7.96. The maximum absolute atomic E-state index is 11.8. The minimum atomic E-state index is -0.0472. The Labute approximate surface area is 137 Å². The highest BCUT2D eigenvalue weighted by Crippen LogP contribution is 2.15. The van der Waals surface area contributed by atoms with Gasteiger partial charge in [-0.25, -0.2) is 0 Å². The fraction of sp³-hybridized carbons (Fsp3) is 0.316. The van der Waals surface area contributed by atoms with Gasteiger partial charge in [-0.2, -0.15) is 0 Å². The van der Waals surface area contributed by atoms with Crippen LogP contribution in [0.4, 0.5) is 0 Å². The minimum absolute atomic E-state index is 0.0472. The van der Waals surface area contributed by atoms with Crippen LogP contribution in [0.2, 0.25) is 0 Å². The molecule has 0 aromatic heterocycles. The van der Waals surface area contributed by atoms with E-state index in [4.69, 9.17) is 4.74 Å². The zero-order valence-corrected chi connectivity index (χ0v) is 13.4. The molecule has 1 atom stereocenters. The Hall–Kier alpha value is -2.33. The molecule has 1 unspecified atom stereocenters. The van der Waals surface area contributed by atoms with Gasteiger partial charge in [-0.05, 0) is 29.7 Å². The lowest BCUT2D eigenvalue weighted by atomic mass is 10.2. The van der Waals surface area contributed by atoms with Gasteiger partial charge in [0.25, 0.3) is 0 Å². The van der Waals surface area contributed by atoms with Gasteiger partial charge in [0.05, 0.1) is 6.04 Å². The molecule has 1 aliphatic rings. The van der Waals surface area contributed by atoms with Crippen LogP contribution in [0.5, 0.6) is 5.75 Å². The molecular formula is C19H22N2O2. The minimum Gasteiger partial charge on any atom is -0.489 e. The number of rotatable bonds is 6. The van der Waals surface area contributed by atoms with Crippen molar-refractivity contribution in [1.82, 2.24) is 10.2 Å². The van der Waals surface area contributed by atoms with Crippen molar-refractivity contribution >= 4 is 5.91 Å². The predicted octanol–water partition coefficient (Wildman–Crippen LogP) is 2.59. The summed E-state index contributed by atoms with van der Waals surface area (Å²) in [5, 5.41) is 3.32. The number of likely N-dealkylation sites (N-methyl/N-ethyl adjacent to an activating group) is 1. The van der Waals surface area contributed by atoms with Crippen LogP contribution in [0.15, 0.2) is 54.6 Å². The molecule has 0 radical (unpaired) electrons. The highest BCUT2D eigenvalue weighted by atomic mass is 16.5. The van der Waals surface area contributed by atoms with Crippen LogP contribution < -0.4 is 10.1 Å². The molecule has 2 aromatic rings. The Morgan fingerprint density at radius 1 is 1.09 bits per heavy atom. The third kappa shape index (κ3) is 4.11. The van der Waals surface area contributed by atoms with E-state index in [-0.39, 0.29) is 11.9 Å². The van der Waals surface area contributed by atoms with Crippen molar-refractivity contribution in [1.29, 1.82) is 0 Å². The summed E-state index contributed by atoms with van der Waals surface area (Å²) in [6, 6.07) is 18.1. The van der Waals surface area contributed by atoms with Gasteiger partial charge >= 0.3 is 0 Å². The molecule has 23 heavy (non-hydrogen) atoms. The van der Waals surface area contributed by atoms with Crippen molar-refractivity contribution < 1.29 is 9.53 Å². The summed E-state index contributed by atoms with van der Waals surface area (Å²) in [7, 11) is 1.85. The van der Waals surface area contributed by atoms with E-state index in [0.717, 1.165) is 29.8 Å². The summed E-state index contributed by atoms with van der Waals surface area (Å²) in [4.78, 5) is 13.6. The predicted molar refractivity (Wildman–Crippen MR) is 90.1 cm³/mol. The number of carbonyl (C=O) groups is 1. The number of hydrogen-bond donors (Lipinski definition) is 1. The van der Waals surface area contributed by atoms with Crippen LogP contribution in [0.1, 0.15) is 17.5 Å². The third-order valence-corrected chi connectivity index (χ3v) is 4.15. The molecule has 1 heterocycles. The van der Waals surface area contributed by atoms with E-state index in [1.54, 1.807) is 4.90 Å². The van der Waals surface area contributed by atoms with Crippen molar-refractivity contribution in [2.45, 2.75) is 25.6 Å². The van der Waals surface area contributed by atoms with Crippen molar-refractivity contribution in [3.8, 4) is 5.75 Å². The Morgan fingerprint density at radius 3 is 2.48 bits per heavy atom. The summed E-state index contributed by atoms with van der Waals surface area (Å²) in [6.07, 6.45) is 0.883. The quantitative estimate of drug-likeness (QED) is 0.891. The van der Waals surface area contributed by atoms with Crippen molar-refractivity contribution in [2.75, 3.05) is 13.6 Å². The normalized spacial score (nSPS) is 17.5. The second kappa shape index (κ2) is 7.29. The van der Waals surface area contributed by atoms with Gasteiger partial charge in [0.15, 0.2) is 0 Å². The van der Waals surface area contributed by atoms with E-state index < -0.39 is 0 Å². The number of ether oxygens (including phenoxy) is 1. The molecule has 1 N–H and O–H groups in total. The number of benzene rings is 2. The molecule has 0 aliphatic carbocycles. The highest BCUT2D eigenvalue weighted by Gasteiger charge is 2.28. The molecule has 0 saturated carbocycles. The summed E-state index contributed by atoms with van der Waals surface area (Å²) in [6.45, 7) is 2.10. The van der Waals surface area contributed by atoms with E-state index in [0.29, 0.717) is 13.2 Å². The topological polar surface area (TPSA) is 41.6 Å². The molecule has 1 aliphatic heterocycles. The van der Waals surface area contributed by atoms with Crippen molar-refractivity contribution in [3.63, 3.8) is 0 Å². The van der Waals surface area contributed by atoms with Crippen LogP contribution in [0.3, 0.4) is 0 Å². The molecule has 2 aromatic carbocycles. The van der Waals surface area contributed by atoms with Crippen LogP contribution in [0.25, 0.3) is 0 Å². The summed E-state index contributed by atoms with van der Waals surface area (Å²) in [5.74, 6) is 1.04. The van der Waals surface area contributed by atoms with Gasteiger partial charge in [0, 0.05) is 20.1 Å². The maximum atomic E-state index is 11.8. The molecule has 120 valence electrons. The SMILES string of the molecule is CN1CCC(NCc2ccc(OCc3ccccc3)cc2)C1=O. The summed E-state index contributed by atoms with van der Waals surface area (Å²) in [5.41, 5.74) is 2.31. The van der Waals surface area contributed by atoms with Crippen LogP contribution >= 0.6 is 0 Å². The standard InChI is InChI=1S/C19H22N2O2/c1-21-12-11-18(19(21)22)20-13-15-7-9-17(10-8-15)23-14-16-5-3-2-4-6-16/h2-10,18,20H,11-14H2,1H3. The number of nitrogens with one attached hydrogen (secondary N) is 1. The average Bonchev–Trinajstić information content (AvgIpc) is 2.92. The molecule has 1 fully saturated rings. The van der Waals surface area contributed by atoms with Gasteiger partial charge in [-0.15, -0.1) is 0 Å². The first-order valence-electron chi connectivity index (χ1n) is 7.96. The van der Waals surface area contributed by atoms with Crippen LogP contribution in [-0.2, 0) is 17.9 Å². The van der Waals surface area contributed by atoms with Gasteiger partial charge in [-0.3, -0.25) is 4.79 Å². The molecule has 4 nitrogen and oxygen atoms in total. The van der Waals surface area contributed by atoms with E-state index in [2.05, 4.69) is 5.32 Å². The Balaban J connectivity index is 1.48. The number of amides is 1. The molecule has 1 saturated heterocycles. The smallest absolute Gasteiger partial charge is 0.239 e. The number of nitrogens with zero attached hydrogens (tertiary/aromatic N) is 1. The average molecular weight is 310 g/mol. The lowest BCUT2D eigenvalue weighted by molar-refractivity contribution is -0.128. The second-order valence-electron chi connectivity index (χ2n) is 5.90. The zero-order valence-electron chi connectivity index (χ0n) is 13.4. The fourth-order valence-corrected chi connectivity index (χ4v) is 2.70. The maximum Gasteiger partial charge on any atom is 0.239 e. The lowest BCUT2D eigenvalue weighted by Crippen LogP contribution is -2.36. The number of carbonyl (C=O) groups excluding carboxylic acids is 1. The lowest BCUT2D eigenvalue weighted by Gasteiger charge is -2.12. The number of hydrogen-bond acceptors (Lipinski definition) is 3. The zero-order chi connectivity index (χ0) is 16.1. The molecule has 0 spiro atoms. The Bertz CT molecular complexity index is 640. The Morgan fingerprint density at radius 2 is 1.83 bits per heavy atom.